The van der Waals surface area contributed by atoms with Crippen molar-refractivity contribution >= 4 is 22.7 Å². The van der Waals surface area contributed by atoms with Gasteiger partial charge in [0.15, 0.2) is 0 Å². The Morgan fingerprint density at radius 3 is 2.87 bits per heavy atom. The molecule has 0 spiro atoms. The maximum absolute atomic E-state index is 6.13. The number of hydrogen-bond acceptors (Lipinski definition) is 5. The SMILES string of the molecule is CCC(C)(N)c1nc(-c2nccs2)cs1. The van der Waals surface area contributed by atoms with E-state index in [1.807, 2.05) is 17.7 Å². The average molecular weight is 239 g/mol. The van der Waals surface area contributed by atoms with E-state index in [-0.39, 0.29) is 5.54 Å². The Labute approximate surface area is 97.0 Å². The van der Waals surface area contributed by atoms with Crippen molar-refractivity contribution in [3.63, 3.8) is 0 Å². The lowest BCUT2D eigenvalue weighted by atomic mass is 10.0. The molecular weight excluding hydrogens is 226 g/mol. The van der Waals surface area contributed by atoms with Crippen molar-refractivity contribution in [2.45, 2.75) is 25.8 Å². The van der Waals surface area contributed by atoms with E-state index in [1.165, 1.54) is 0 Å². The molecule has 0 radical (unpaired) electrons. The van der Waals surface area contributed by atoms with Crippen LogP contribution < -0.4 is 5.73 Å². The molecular formula is C10H13N3S2. The van der Waals surface area contributed by atoms with E-state index < -0.39 is 0 Å². The van der Waals surface area contributed by atoms with Crippen LogP contribution in [-0.2, 0) is 5.54 Å². The van der Waals surface area contributed by atoms with Gasteiger partial charge in [0.25, 0.3) is 0 Å². The zero-order valence-corrected chi connectivity index (χ0v) is 10.4. The van der Waals surface area contributed by atoms with E-state index in [0.29, 0.717) is 0 Å². The molecule has 1 unspecified atom stereocenters. The highest BCUT2D eigenvalue weighted by molar-refractivity contribution is 7.14. The fourth-order valence-electron chi connectivity index (χ4n) is 1.14. The normalized spacial score (nSPS) is 15.1. The Balaban J connectivity index is 2.33. The third-order valence-electron chi connectivity index (χ3n) is 2.38. The number of thiazole rings is 2. The van der Waals surface area contributed by atoms with Crippen LogP contribution in [0.2, 0.25) is 0 Å². The molecule has 2 aromatic rings. The van der Waals surface area contributed by atoms with Gasteiger partial charge >= 0.3 is 0 Å². The topological polar surface area (TPSA) is 51.8 Å². The molecule has 0 aromatic carbocycles. The van der Waals surface area contributed by atoms with Gasteiger partial charge in [-0.1, -0.05) is 6.92 Å². The van der Waals surface area contributed by atoms with Crippen molar-refractivity contribution in [1.82, 2.24) is 9.97 Å². The van der Waals surface area contributed by atoms with Crippen molar-refractivity contribution < 1.29 is 0 Å². The summed E-state index contributed by atoms with van der Waals surface area (Å²) in [5.74, 6) is 0. The van der Waals surface area contributed by atoms with Crippen molar-refractivity contribution in [3.8, 4) is 10.7 Å². The zero-order chi connectivity index (χ0) is 10.9. The Morgan fingerprint density at radius 2 is 2.27 bits per heavy atom. The average Bonchev–Trinajstić information content (AvgIpc) is 2.88. The Morgan fingerprint density at radius 1 is 1.47 bits per heavy atom. The fourth-order valence-corrected chi connectivity index (χ4v) is 2.76. The minimum absolute atomic E-state index is 0.319. The minimum Gasteiger partial charge on any atom is -0.320 e. The molecule has 0 saturated carbocycles. The first-order valence-corrected chi connectivity index (χ1v) is 6.54. The summed E-state index contributed by atoms with van der Waals surface area (Å²) in [7, 11) is 0. The summed E-state index contributed by atoms with van der Waals surface area (Å²) in [4.78, 5) is 8.77. The largest absolute Gasteiger partial charge is 0.320 e. The summed E-state index contributed by atoms with van der Waals surface area (Å²) in [6.45, 7) is 4.09. The molecule has 1 atom stereocenters. The quantitative estimate of drug-likeness (QED) is 0.896. The highest BCUT2D eigenvalue weighted by Crippen LogP contribution is 2.29. The van der Waals surface area contributed by atoms with Crippen LogP contribution in [0, 0.1) is 0 Å². The summed E-state index contributed by atoms with van der Waals surface area (Å²) < 4.78 is 0. The maximum atomic E-state index is 6.13. The summed E-state index contributed by atoms with van der Waals surface area (Å²) in [5, 5.41) is 5.92. The van der Waals surface area contributed by atoms with Gasteiger partial charge in [-0.15, -0.1) is 22.7 Å². The molecule has 0 aliphatic heterocycles. The molecule has 5 heteroatoms. The summed E-state index contributed by atoms with van der Waals surface area (Å²) in [5.41, 5.74) is 6.76. The molecule has 0 amide bonds. The number of hydrogen-bond donors (Lipinski definition) is 1. The van der Waals surface area contributed by atoms with Crippen LogP contribution in [0.15, 0.2) is 17.0 Å². The standard InChI is InChI=1S/C10H13N3S2/c1-3-10(2,11)9-13-7(6-15-9)8-12-4-5-14-8/h4-6H,3,11H2,1-2H3. The molecule has 2 rings (SSSR count). The van der Waals surface area contributed by atoms with Gasteiger partial charge in [-0.25, -0.2) is 9.97 Å². The van der Waals surface area contributed by atoms with Crippen LogP contribution in [0.4, 0.5) is 0 Å². The molecule has 80 valence electrons. The Kier molecular flexibility index (Phi) is 2.86. The molecule has 0 saturated heterocycles. The van der Waals surface area contributed by atoms with E-state index in [0.717, 1.165) is 22.1 Å². The van der Waals surface area contributed by atoms with Crippen LogP contribution in [0.3, 0.4) is 0 Å². The lowest BCUT2D eigenvalue weighted by molar-refractivity contribution is 0.474. The number of rotatable bonds is 3. The highest BCUT2D eigenvalue weighted by atomic mass is 32.1. The van der Waals surface area contributed by atoms with Gasteiger partial charge in [-0.2, -0.15) is 0 Å². The van der Waals surface area contributed by atoms with Gasteiger partial charge in [0.1, 0.15) is 15.7 Å². The van der Waals surface area contributed by atoms with Gasteiger partial charge in [-0.3, -0.25) is 0 Å². The predicted molar refractivity (Wildman–Crippen MR) is 65.1 cm³/mol. The maximum Gasteiger partial charge on any atom is 0.142 e. The van der Waals surface area contributed by atoms with E-state index in [2.05, 4.69) is 16.9 Å². The molecule has 2 N–H and O–H groups in total. The molecule has 0 aliphatic rings. The Bertz CT molecular complexity index is 431. The Hall–Kier alpha value is -0.780. The second-order valence-corrected chi connectivity index (χ2v) is 5.40. The zero-order valence-electron chi connectivity index (χ0n) is 8.73. The predicted octanol–water partition coefficient (Wildman–Crippen LogP) is 2.85. The van der Waals surface area contributed by atoms with Gasteiger partial charge in [0.2, 0.25) is 0 Å². The fraction of sp³-hybridized carbons (Fsp3) is 0.400. The smallest absolute Gasteiger partial charge is 0.142 e. The number of nitrogens with two attached hydrogens (primary N) is 1. The lowest BCUT2D eigenvalue weighted by Gasteiger charge is -2.18. The molecule has 15 heavy (non-hydrogen) atoms. The molecule has 0 aliphatic carbocycles. The van der Waals surface area contributed by atoms with E-state index in [4.69, 9.17) is 5.73 Å². The van der Waals surface area contributed by atoms with Crippen molar-refractivity contribution in [3.05, 3.63) is 22.0 Å². The first kappa shape index (κ1) is 10.7. The minimum atomic E-state index is -0.319. The highest BCUT2D eigenvalue weighted by Gasteiger charge is 2.23. The molecule has 2 heterocycles. The van der Waals surface area contributed by atoms with Crippen LogP contribution in [0.25, 0.3) is 10.7 Å². The van der Waals surface area contributed by atoms with Crippen molar-refractivity contribution in [2.75, 3.05) is 0 Å². The summed E-state index contributed by atoms with van der Waals surface area (Å²) in [6, 6.07) is 0. The monoisotopic (exact) mass is 239 g/mol. The number of nitrogens with zero attached hydrogens (tertiary/aromatic N) is 2. The summed E-state index contributed by atoms with van der Waals surface area (Å²) >= 11 is 3.21. The van der Waals surface area contributed by atoms with E-state index in [1.54, 1.807) is 28.9 Å². The van der Waals surface area contributed by atoms with Crippen LogP contribution in [-0.4, -0.2) is 9.97 Å². The second-order valence-electron chi connectivity index (χ2n) is 3.65. The number of aromatic nitrogens is 2. The van der Waals surface area contributed by atoms with Gasteiger partial charge in [0.05, 0.1) is 5.54 Å². The van der Waals surface area contributed by atoms with Gasteiger partial charge in [-0.05, 0) is 13.3 Å². The van der Waals surface area contributed by atoms with Gasteiger partial charge < -0.3 is 5.73 Å². The molecule has 0 bridgehead atoms. The van der Waals surface area contributed by atoms with Crippen molar-refractivity contribution in [1.29, 1.82) is 0 Å². The third kappa shape index (κ3) is 2.09. The van der Waals surface area contributed by atoms with E-state index >= 15 is 0 Å². The second kappa shape index (κ2) is 4.00. The van der Waals surface area contributed by atoms with Crippen LogP contribution >= 0.6 is 22.7 Å². The van der Waals surface area contributed by atoms with Crippen LogP contribution in [0.5, 0.6) is 0 Å². The van der Waals surface area contributed by atoms with Gasteiger partial charge in [0, 0.05) is 17.0 Å². The lowest BCUT2D eigenvalue weighted by Crippen LogP contribution is -2.31. The molecule has 3 nitrogen and oxygen atoms in total. The first-order valence-electron chi connectivity index (χ1n) is 4.78. The molecule has 0 fully saturated rings. The van der Waals surface area contributed by atoms with Crippen molar-refractivity contribution in [2.24, 2.45) is 5.73 Å². The first-order chi connectivity index (χ1) is 7.13. The van der Waals surface area contributed by atoms with Crippen LogP contribution in [0.1, 0.15) is 25.3 Å². The van der Waals surface area contributed by atoms with E-state index in [9.17, 15) is 0 Å². The third-order valence-corrected chi connectivity index (χ3v) is 4.30. The summed E-state index contributed by atoms with van der Waals surface area (Å²) in [6.07, 6.45) is 2.68. The molecule has 2 aromatic heterocycles.